The lowest BCUT2D eigenvalue weighted by Gasteiger charge is -2.07. The fraction of sp³-hybridized carbons (Fsp3) is 0.176. The lowest BCUT2D eigenvalue weighted by atomic mass is 10.1. The molecule has 1 N–H and O–H groups in total. The molecule has 0 bridgehead atoms. The molecule has 0 aliphatic carbocycles. The molecule has 0 spiro atoms. The number of halogens is 2. The van der Waals surface area contributed by atoms with Gasteiger partial charge in [0.05, 0.1) is 21.2 Å². The van der Waals surface area contributed by atoms with E-state index in [4.69, 9.17) is 27.9 Å². The summed E-state index contributed by atoms with van der Waals surface area (Å²) < 4.78 is 5.23. The van der Waals surface area contributed by atoms with E-state index in [1.54, 1.807) is 24.3 Å². The van der Waals surface area contributed by atoms with Gasteiger partial charge < -0.3 is 4.74 Å². The Morgan fingerprint density at radius 1 is 1.31 bits per heavy atom. The fourth-order valence-electron chi connectivity index (χ4n) is 2.03. The normalized spacial score (nSPS) is 10.7. The first-order valence-electron chi connectivity index (χ1n) is 7.58. The first-order chi connectivity index (χ1) is 12.4. The van der Waals surface area contributed by atoms with E-state index >= 15 is 0 Å². The van der Waals surface area contributed by atoms with Crippen molar-refractivity contribution in [1.82, 2.24) is 5.43 Å². The van der Waals surface area contributed by atoms with Crippen LogP contribution in [0.15, 0.2) is 41.5 Å². The van der Waals surface area contributed by atoms with Gasteiger partial charge in [-0.1, -0.05) is 42.3 Å². The summed E-state index contributed by atoms with van der Waals surface area (Å²) in [5, 5.41) is 15.6. The van der Waals surface area contributed by atoms with Crippen molar-refractivity contribution in [3.05, 3.63) is 67.7 Å². The number of ether oxygens (including phenoxy) is 1. The summed E-state index contributed by atoms with van der Waals surface area (Å²) in [7, 11) is 0. The molecule has 0 saturated carbocycles. The number of rotatable bonds is 7. The lowest BCUT2D eigenvalue weighted by Crippen LogP contribution is -2.24. The average Bonchev–Trinajstić information content (AvgIpc) is 2.62. The highest BCUT2D eigenvalue weighted by molar-refractivity contribution is 6.38. The Bertz CT molecular complexity index is 836. The Hall–Kier alpha value is -2.64. The van der Waals surface area contributed by atoms with E-state index in [-0.39, 0.29) is 11.4 Å². The Balaban J connectivity index is 1.97. The number of nitrogens with one attached hydrogen (secondary N) is 1. The maximum atomic E-state index is 11.8. The number of hydrogen-bond acceptors (Lipinski definition) is 5. The Kier molecular flexibility index (Phi) is 6.94. The maximum Gasteiger partial charge on any atom is 0.311 e. The minimum absolute atomic E-state index is 0.0143. The SMILES string of the molecule is CCc1ccc(OCC(=O)N/N=C/c2c(Cl)cccc2Cl)c([N+](=O)[O-])c1. The standard InChI is InChI=1S/C17H15Cl2N3O4/c1-2-11-6-7-16(15(8-11)22(24)25)26-10-17(23)21-20-9-12-13(18)4-3-5-14(12)19/h3-9H,2,10H2,1H3,(H,21,23)/b20-9+. The molecule has 0 radical (unpaired) electrons. The highest BCUT2D eigenvalue weighted by Gasteiger charge is 2.16. The molecule has 0 aliphatic rings. The summed E-state index contributed by atoms with van der Waals surface area (Å²) >= 11 is 12.0. The van der Waals surface area contributed by atoms with Crippen molar-refractivity contribution in [3.63, 3.8) is 0 Å². The molecule has 0 unspecified atom stereocenters. The topological polar surface area (TPSA) is 93.8 Å². The summed E-state index contributed by atoms with van der Waals surface area (Å²) in [6.07, 6.45) is 1.96. The molecular formula is C17H15Cl2N3O4. The van der Waals surface area contributed by atoms with Crippen LogP contribution in [0.3, 0.4) is 0 Å². The van der Waals surface area contributed by atoms with Crippen molar-refractivity contribution in [3.8, 4) is 5.75 Å². The van der Waals surface area contributed by atoms with Gasteiger partial charge in [-0.05, 0) is 30.2 Å². The Labute approximate surface area is 159 Å². The van der Waals surface area contributed by atoms with Crippen LogP contribution in [0.2, 0.25) is 10.0 Å². The van der Waals surface area contributed by atoms with Crippen LogP contribution in [0, 0.1) is 10.1 Å². The number of nitrogens with zero attached hydrogens (tertiary/aromatic N) is 2. The van der Waals surface area contributed by atoms with Crippen LogP contribution in [0.25, 0.3) is 0 Å². The van der Waals surface area contributed by atoms with Gasteiger partial charge in [0.1, 0.15) is 0 Å². The zero-order chi connectivity index (χ0) is 19.1. The highest BCUT2D eigenvalue weighted by atomic mass is 35.5. The largest absolute Gasteiger partial charge is 0.477 e. The van der Waals surface area contributed by atoms with Gasteiger partial charge in [-0.3, -0.25) is 14.9 Å². The van der Waals surface area contributed by atoms with E-state index < -0.39 is 17.4 Å². The predicted molar refractivity (Wildman–Crippen MR) is 100 cm³/mol. The zero-order valence-electron chi connectivity index (χ0n) is 13.7. The summed E-state index contributed by atoms with van der Waals surface area (Å²) in [6.45, 7) is 1.45. The molecule has 9 heteroatoms. The molecule has 2 aromatic carbocycles. The number of hydrazone groups is 1. The summed E-state index contributed by atoms with van der Waals surface area (Å²) in [5.41, 5.74) is 3.32. The minimum Gasteiger partial charge on any atom is -0.477 e. The molecule has 0 aromatic heterocycles. The highest BCUT2D eigenvalue weighted by Crippen LogP contribution is 2.28. The van der Waals surface area contributed by atoms with Crippen LogP contribution in [0.5, 0.6) is 5.75 Å². The van der Waals surface area contributed by atoms with Gasteiger partial charge in [0.25, 0.3) is 5.91 Å². The van der Waals surface area contributed by atoms with Crippen molar-refractivity contribution in [2.45, 2.75) is 13.3 Å². The Morgan fingerprint density at radius 2 is 2.00 bits per heavy atom. The third-order valence-electron chi connectivity index (χ3n) is 3.37. The van der Waals surface area contributed by atoms with Crippen LogP contribution in [-0.4, -0.2) is 23.7 Å². The number of nitro groups is 1. The van der Waals surface area contributed by atoms with Gasteiger partial charge in [0, 0.05) is 11.6 Å². The van der Waals surface area contributed by atoms with Crippen LogP contribution >= 0.6 is 23.2 Å². The van der Waals surface area contributed by atoms with E-state index in [0.717, 1.165) is 5.56 Å². The number of benzene rings is 2. The van der Waals surface area contributed by atoms with E-state index in [9.17, 15) is 14.9 Å². The maximum absolute atomic E-state index is 11.8. The molecule has 7 nitrogen and oxygen atoms in total. The van der Waals surface area contributed by atoms with Crippen LogP contribution in [-0.2, 0) is 11.2 Å². The minimum atomic E-state index is -0.585. The van der Waals surface area contributed by atoms with Crippen LogP contribution in [0.1, 0.15) is 18.1 Å². The van der Waals surface area contributed by atoms with Gasteiger partial charge in [-0.15, -0.1) is 0 Å². The second-order valence-corrected chi connectivity index (χ2v) is 5.94. The van der Waals surface area contributed by atoms with E-state index in [0.29, 0.717) is 22.0 Å². The fourth-order valence-corrected chi connectivity index (χ4v) is 2.52. The van der Waals surface area contributed by atoms with Crippen molar-refractivity contribution >= 4 is 41.0 Å². The average molecular weight is 396 g/mol. The van der Waals surface area contributed by atoms with Crippen molar-refractivity contribution < 1.29 is 14.5 Å². The van der Waals surface area contributed by atoms with Gasteiger partial charge in [0.15, 0.2) is 12.4 Å². The molecule has 0 heterocycles. The number of nitro benzene ring substituents is 1. The van der Waals surface area contributed by atoms with Crippen molar-refractivity contribution in [2.75, 3.05) is 6.61 Å². The third-order valence-corrected chi connectivity index (χ3v) is 4.03. The molecule has 0 aliphatic heterocycles. The molecular weight excluding hydrogens is 381 g/mol. The molecule has 0 fully saturated rings. The van der Waals surface area contributed by atoms with Crippen LogP contribution < -0.4 is 10.2 Å². The van der Waals surface area contributed by atoms with Gasteiger partial charge in [0.2, 0.25) is 0 Å². The Morgan fingerprint density at radius 3 is 2.62 bits per heavy atom. The number of carbonyl (C=O) groups is 1. The van der Waals surface area contributed by atoms with Crippen LogP contribution in [0.4, 0.5) is 5.69 Å². The lowest BCUT2D eigenvalue weighted by molar-refractivity contribution is -0.385. The third kappa shape index (κ3) is 5.18. The molecule has 0 saturated heterocycles. The number of hydrogen-bond donors (Lipinski definition) is 1. The van der Waals surface area contributed by atoms with Gasteiger partial charge >= 0.3 is 5.69 Å². The summed E-state index contributed by atoms with van der Waals surface area (Å²) in [5.74, 6) is -0.571. The number of carbonyl (C=O) groups excluding carboxylic acids is 1. The molecule has 2 rings (SSSR count). The summed E-state index contributed by atoms with van der Waals surface area (Å²) in [4.78, 5) is 22.3. The van der Waals surface area contributed by atoms with Gasteiger partial charge in [-0.2, -0.15) is 5.10 Å². The van der Waals surface area contributed by atoms with E-state index in [2.05, 4.69) is 10.5 Å². The molecule has 2 aromatic rings. The number of amides is 1. The van der Waals surface area contributed by atoms with Crippen molar-refractivity contribution in [1.29, 1.82) is 0 Å². The second-order valence-electron chi connectivity index (χ2n) is 5.13. The first-order valence-corrected chi connectivity index (χ1v) is 8.34. The monoisotopic (exact) mass is 395 g/mol. The second kappa shape index (κ2) is 9.17. The van der Waals surface area contributed by atoms with E-state index in [1.165, 1.54) is 18.3 Å². The summed E-state index contributed by atoms with van der Waals surface area (Å²) in [6, 6.07) is 9.56. The molecule has 26 heavy (non-hydrogen) atoms. The molecule has 136 valence electrons. The predicted octanol–water partition coefficient (Wildman–Crippen LogP) is 3.99. The van der Waals surface area contributed by atoms with Crippen molar-refractivity contribution in [2.24, 2.45) is 5.10 Å². The quantitative estimate of drug-likeness (QED) is 0.435. The van der Waals surface area contributed by atoms with E-state index in [1.807, 2.05) is 6.92 Å². The number of aryl methyl sites for hydroxylation is 1. The zero-order valence-corrected chi connectivity index (χ0v) is 15.3. The molecule has 0 atom stereocenters. The first kappa shape index (κ1) is 19.7. The smallest absolute Gasteiger partial charge is 0.311 e. The molecule has 1 amide bonds. The van der Waals surface area contributed by atoms with Gasteiger partial charge in [-0.25, -0.2) is 5.43 Å².